The van der Waals surface area contributed by atoms with Crippen molar-refractivity contribution in [3.05, 3.63) is 77.9 Å². The number of urea groups is 1. The fraction of sp³-hybridized carbons (Fsp3) is 0.143. The average molecular weight is 452 g/mol. The Labute approximate surface area is 186 Å². The second-order valence-electron chi connectivity index (χ2n) is 7.04. The summed E-state index contributed by atoms with van der Waals surface area (Å²) in [7, 11) is 0. The first-order valence-corrected chi connectivity index (χ1v) is 10.8. The maximum Gasteiger partial charge on any atom is 0.320 e. The highest BCUT2D eigenvalue weighted by Crippen LogP contribution is 2.20. The van der Waals surface area contributed by atoms with Crippen molar-refractivity contribution in [3.8, 4) is 5.69 Å². The summed E-state index contributed by atoms with van der Waals surface area (Å²) in [5, 5.41) is 10.8. The zero-order chi connectivity index (χ0) is 22.5. The van der Waals surface area contributed by atoms with E-state index in [4.69, 9.17) is 4.55 Å². The molecule has 164 valence electrons. The molecule has 0 bridgehead atoms. The molecule has 0 saturated heterocycles. The number of carbonyl (C=O) groups excluding carboxylic acids is 1. The number of rotatable bonds is 7. The van der Waals surface area contributed by atoms with Gasteiger partial charge in [-0.3, -0.25) is 14.9 Å². The SMILES string of the molecule is Cc1cc(-n2ncc3cc(NC(=O)NCc4cccc(CNS(=O)O)c4)ncc32)ccn1. The predicted octanol–water partition coefficient (Wildman–Crippen LogP) is 2.67. The van der Waals surface area contributed by atoms with Gasteiger partial charge in [0.05, 0.1) is 23.6 Å². The maximum atomic E-state index is 12.3. The van der Waals surface area contributed by atoms with E-state index in [0.29, 0.717) is 12.4 Å². The summed E-state index contributed by atoms with van der Waals surface area (Å²) in [6.07, 6.45) is 5.11. The number of carbonyl (C=O) groups is 1. The lowest BCUT2D eigenvalue weighted by Crippen LogP contribution is -2.28. The summed E-state index contributed by atoms with van der Waals surface area (Å²) in [6.45, 7) is 2.46. The molecule has 0 fully saturated rings. The van der Waals surface area contributed by atoms with Crippen molar-refractivity contribution in [3.63, 3.8) is 0 Å². The van der Waals surface area contributed by atoms with Crippen LogP contribution in [0.3, 0.4) is 0 Å². The molecule has 4 aromatic rings. The van der Waals surface area contributed by atoms with E-state index in [1.54, 1.807) is 29.3 Å². The molecule has 1 atom stereocenters. The standard InChI is InChI=1S/C21H21N7O3S/c1-14-7-18(5-6-22-14)28-19-13-23-20(9-17(19)12-25-28)27-21(29)24-10-15-3-2-4-16(8-15)11-26-32(30)31/h2-9,12-13,26H,10-11H2,1H3,(H,30,31)(H2,23,24,27,29). The first-order valence-electron chi connectivity index (χ1n) is 9.72. The zero-order valence-electron chi connectivity index (χ0n) is 17.1. The highest BCUT2D eigenvalue weighted by atomic mass is 32.2. The molecule has 32 heavy (non-hydrogen) atoms. The van der Waals surface area contributed by atoms with Gasteiger partial charge in [-0.2, -0.15) is 5.10 Å². The molecule has 3 aromatic heterocycles. The van der Waals surface area contributed by atoms with Crippen LogP contribution < -0.4 is 15.4 Å². The normalized spacial score (nSPS) is 11.9. The number of benzene rings is 1. The van der Waals surface area contributed by atoms with Gasteiger partial charge in [0.25, 0.3) is 0 Å². The lowest BCUT2D eigenvalue weighted by atomic mass is 10.1. The summed E-state index contributed by atoms with van der Waals surface area (Å²) in [5.74, 6) is 0.406. The van der Waals surface area contributed by atoms with Crippen molar-refractivity contribution >= 4 is 34.0 Å². The zero-order valence-corrected chi connectivity index (χ0v) is 18.0. The van der Waals surface area contributed by atoms with Crippen LogP contribution in [-0.4, -0.2) is 34.5 Å². The van der Waals surface area contributed by atoms with Crippen LogP contribution in [0.4, 0.5) is 10.6 Å². The molecule has 0 spiro atoms. The van der Waals surface area contributed by atoms with Gasteiger partial charge in [0.15, 0.2) is 0 Å². The summed E-state index contributed by atoms with van der Waals surface area (Å²) >= 11 is -2.07. The molecule has 0 aliphatic heterocycles. The fourth-order valence-corrected chi connectivity index (χ4v) is 3.49. The molecule has 0 radical (unpaired) electrons. The summed E-state index contributed by atoms with van der Waals surface area (Å²) in [4.78, 5) is 20.8. The van der Waals surface area contributed by atoms with E-state index in [-0.39, 0.29) is 6.54 Å². The largest absolute Gasteiger partial charge is 0.334 e. The monoisotopic (exact) mass is 451 g/mol. The van der Waals surface area contributed by atoms with E-state index >= 15 is 0 Å². The quantitative estimate of drug-likeness (QED) is 0.319. The van der Waals surface area contributed by atoms with Crippen molar-refractivity contribution < 1.29 is 13.6 Å². The molecule has 0 saturated carbocycles. The minimum Gasteiger partial charge on any atom is -0.334 e. The highest BCUT2D eigenvalue weighted by Gasteiger charge is 2.09. The van der Waals surface area contributed by atoms with Crippen LogP contribution in [0.25, 0.3) is 16.6 Å². The molecule has 1 aromatic carbocycles. The van der Waals surface area contributed by atoms with E-state index in [2.05, 4.69) is 30.4 Å². The number of pyridine rings is 2. The predicted molar refractivity (Wildman–Crippen MR) is 121 cm³/mol. The number of anilines is 1. The Kier molecular flexibility index (Phi) is 6.50. The molecule has 2 amide bonds. The lowest BCUT2D eigenvalue weighted by molar-refractivity contribution is 0.251. The van der Waals surface area contributed by atoms with Gasteiger partial charge in [-0.05, 0) is 36.2 Å². The van der Waals surface area contributed by atoms with Crippen LogP contribution >= 0.6 is 0 Å². The maximum absolute atomic E-state index is 12.3. The van der Waals surface area contributed by atoms with Crippen LogP contribution in [0.1, 0.15) is 16.8 Å². The minimum atomic E-state index is -2.07. The van der Waals surface area contributed by atoms with Crippen LogP contribution in [0, 0.1) is 6.92 Å². The smallest absolute Gasteiger partial charge is 0.320 e. The molecule has 0 aliphatic rings. The van der Waals surface area contributed by atoms with Crippen LogP contribution in [0.15, 0.2) is 61.1 Å². The van der Waals surface area contributed by atoms with Crippen molar-refractivity contribution in [2.45, 2.75) is 20.0 Å². The second kappa shape index (κ2) is 9.64. The van der Waals surface area contributed by atoms with Gasteiger partial charge in [0, 0.05) is 30.4 Å². The molecule has 11 heteroatoms. The molecular weight excluding hydrogens is 430 g/mol. The lowest BCUT2D eigenvalue weighted by Gasteiger charge is -2.09. The topological polar surface area (TPSA) is 134 Å². The number of hydrogen-bond donors (Lipinski definition) is 4. The van der Waals surface area contributed by atoms with Crippen LogP contribution in [0.5, 0.6) is 0 Å². The van der Waals surface area contributed by atoms with E-state index in [1.165, 1.54) is 0 Å². The van der Waals surface area contributed by atoms with Crippen molar-refractivity contribution in [1.82, 2.24) is 29.8 Å². The van der Waals surface area contributed by atoms with Crippen LogP contribution in [-0.2, 0) is 24.4 Å². The van der Waals surface area contributed by atoms with E-state index < -0.39 is 17.3 Å². The number of aryl methyl sites for hydroxylation is 1. The van der Waals surface area contributed by atoms with Gasteiger partial charge in [0.1, 0.15) is 5.82 Å². The Morgan fingerprint density at radius 1 is 1.09 bits per heavy atom. The Morgan fingerprint density at radius 3 is 2.69 bits per heavy atom. The second-order valence-corrected chi connectivity index (χ2v) is 7.83. The fourth-order valence-electron chi connectivity index (χ4n) is 3.20. The van der Waals surface area contributed by atoms with Gasteiger partial charge in [-0.25, -0.2) is 23.4 Å². The Morgan fingerprint density at radius 2 is 1.91 bits per heavy atom. The van der Waals surface area contributed by atoms with E-state index in [1.807, 2.05) is 43.3 Å². The third-order valence-corrected chi connectivity index (χ3v) is 5.06. The van der Waals surface area contributed by atoms with Crippen molar-refractivity contribution in [2.75, 3.05) is 5.32 Å². The van der Waals surface area contributed by atoms with E-state index in [0.717, 1.165) is 33.4 Å². The number of aromatic nitrogens is 4. The molecule has 4 rings (SSSR count). The third kappa shape index (κ3) is 5.32. The molecule has 10 nitrogen and oxygen atoms in total. The van der Waals surface area contributed by atoms with Gasteiger partial charge in [0.2, 0.25) is 11.3 Å². The first-order chi connectivity index (χ1) is 15.5. The Bertz CT molecular complexity index is 1290. The van der Waals surface area contributed by atoms with Crippen molar-refractivity contribution in [1.29, 1.82) is 0 Å². The molecular formula is C21H21N7O3S. The number of fused-ring (bicyclic) bond motifs is 1. The van der Waals surface area contributed by atoms with E-state index in [9.17, 15) is 9.00 Å². The minimum absolute atomic E-state index is 0.250. The van der Waals surface area contributed by atoms with Gasteiger partial charge < -0.3 is 5.32 Å². The van der Waals surface area contributed by atoms with Gasteiger partial charge in [-0.1, -0.05) is 24.3 Å². The van der Waals surface area contributed by atoms with Crippen LogP contribution in [0.2, 0.25) is 0 Å². The molecule has 1 unspecified atom stereocenters. The first kappa shape index (κ1) is 21.6. The summed E-state index contributed by atoms with van der Waals surface area (Å²) < 4.78 is 23.8. The number of nitrogens with one attached hydrogen (secondary N) is 3. The third-order valence-electron chi connectivity index (χ3n) is 4.67. The molecule has 0 aliphatic carbocycles. The van der Waals surface area contributed by atoms with Crippen molar-refractivity contribution in [2.24, 2.45) is 0 Å². The van der Waals surface area contributed by atoms with Gasteiger partial charge in [-0.15, -0.1) is 0 Å². The average Bonchev–Trinajstić information content (AvgIpc) is 3.20. The Hall–Kier alpha value is -3.67. The highest BCUT2D eigenvalue weighted by molar-refractivity contribution is 7.77. The molecule has 4 N–H and O–H groups in total. The number of hydrogen-bond acceptors (Lipinski definition) is 5. The summed E-state index contributed by atoms with van der Waals surface area (Å²) in [6, 6.07) is 12.5. The Balaban J connectivity index is 1.39. The number of nitrogens with zero attached hydrogens (tertiary/aromatic N) is 4. The van der Waals surface area contributed by atoms with Gasteiger partial charge >= 0.3 is 6.03 Å². The summed E-state index contributed by atoms with van der Waals surface area (Å²) in [5.41, 5.74) is 4.28. The molecule has 3 heterocycles. The number of amides is 2.